The molecule has 0 radical (unpaired) electrons. The second-order valence-electron chi connectivity index (χ2n) is 4.08. The van der Waals surface area contributed by atoms with Gasteiger partial charge in [0.25, 0.3) is 0 Å². The van der Waals surface area contributed by atoms with Crippen LogP contribution in [0.2, 0.25) is 5.02 Å². The monoisotopic (exact) mass is 223 g/mol. The highest BCUT2D eigenvalue weighted by Crippen LogP contribution is 2.33. The summed E-state index contributed by atoms with van der Waals surface area (Å²) in [5.41, 5.74) is 1.09. The van der Waals surface area contributed by atoms with Gasteiger partial charge in [0, 0.05) is 25.2 Å². The Bertz CT molecular complexity index is 364. The van der Waals surface area contributed by atoms with E-state index < -0.39 is 0 Å². The Hall–Kier alpha value is -0.890. The minimum Gasteiger partial charge on any atom is -0.300 e. The number of Topliss-reactive ketones (excluding diaryl/α,β-unsaturated/α-hetero) is 1. The molecule has 1 aliphatic rings. The summed E-state index contributed by atoms with van der Waals surface area (Å²) in [6.07, 6.45) is 7.99. The average Bonchev–Trinajstić information content (AvgIpc) is 2.43. The van der Waals surface area contributed by atoms with Crippen molar-refractivity contribution < 1.29 is 4.79 Å². The minimum absolute atomic E-state index is 0.301. The minimum atomic E-state index is 0.301. The van der Waals surface area contributed by atoms with Gasteiger partial charge in [-0.15, -0.1) is 0 Å². The van der Waals surface area contributed by atoms with Gasteiger partial charge < -0.3 is 0 Å². The molecule has 1 heterocycles. The maximum Gasteiger partial charge on any atom is 0.133 e. The number of aromatic nitrogens is 1. The fourth-order valence-corrected chi connectivity index (χ4v) is 2.45. The van der Waals surface area contributed by atoms with E-state index in [2.05, 4.69) is 4.98 Å². The zero-order valence-electron chi connectivity index (χ0n) is 8.58. The molecule has 1 aliphatic carbocycles. The fraction of sp³-hybridized carbons (Fsp3) is 0.500. The van der Waals surface area contributed by atoms with Crippen molar-refractivity contribution in [2.45, 2.75) is 38.0 Å². The second-order valence-corrected chi connectivity index (χ2v) is 4.49. The lowest BCUT2D eigenvalue weighted by atomic mass is 9.92. The number of nitrogens with zero attached hydrogens (tertiary/aromatic N) is 1. The van der Waals surface area contributed by atoms with Crippen molar-refractivity contribution >= 4 is 17.4 Å². The molecule has 0 aliphatic heterocycles. The molecule has 0 saturated heterocycles. The molecule has 0 aromatic carbocycles. The number of hydrogen-bond acceptors (Lipinski definition) is 2. The van der Waals surface area contributed by atoms with Crippen LogP contribution in [0.1, 0.15) is 43.6 Å². The summed E-state index contributed by atoms with van der Waals surface area (Å²) < 4.78 is 0. The molecule has 0 N–H and O–H groups in total. The van der Waals surface area contributed by atoms with Crippen molar-refractivity contribution in [1.29, 1.82) is 0 Å². The molecule has 15 heavy (non-hydrogen) atoms. The maximum absolute atomic E-state index is 11.5. The number of rotatable bonds is 1. The molecule has 80 valence electrons. The van der Waals surface area contributed by atoms with Gasteiger partial charge in [-0.25, -0.2) is 0 Å². The molecule has 1 atom stereocenters. The van der Waals surface area contributed by atoms with E-state index in [1.54, 1.807) is 12.4 Å². The normalized spacial score (nSPS) is 22.5. The van der Waals surface area contributed by atoms with Crippen LogP contribution in [0, 0.1) is 0 Å². The van der Waals surface area contributed by atoms with Crippen LogP contribution < -0.4 is 0 Å². The van der Waals surface area contributed by atoms with Crippen LogP contribution in [0.5, 0.6) is 0 Å². The van der Waals surface area contributed by atoms with Crippen LogP contribution in [0.3, 0.4) is 0 Å². The predicted molar refractivity (Wildman–Crippen MR) is 60.1 cm³/mol. The number of carbonyl (C=O) groups excluding carboxylic acids is 1. The highest BCUT2D eigenvalue weighted by Gasteiger charge is 2.20. The molecule has 0 amide bonds. The number of hydrogen-bond donors (Lipinski definition) is 0. The van der Waals surface area contributed by atoms with E-state index in [4.69, 9.17) is 11.6 Å². The lowest BCUT2D eigenvalue weighted by molar-refractivity contribution is -0.119. The predicted octanol–water partition coefficient (Wildman–Crippen LogP) is 3.35. The number of pyridine rings is 1. The molecule has 0 spiro atoms. The van der Waals surface area contributed by atoms with E-state index >= 15 is 0 Å². The summed E-state index contributed by atoms with van der Waals surface area (Å²) in [4.78, 5) is 15.5. The van der Waals surface area contributed by atoms with E-state index in [1.807, 2.05) is 6.07 Å². The molecule has 2 nitrogen and oxygen atoms in total. The van der Waals surface area contributed by atoms with Crippen molar-refractivity contribution in [2.24, 2.45) is 0 Å². The second kappa shape index (κ2) is 4.75. The summed E-state index contributed by atoms with van der Waals surface area (Å²) >= 11 is 6.08. The zero-order chi connectivity index (χ0) is 10.7. The molecular formula is C12H14ClNO. The van der Waals surface area contributed by atoms with Crippen molar-refractivity contribution in [3.63, 3.8) is 0 Å². The van der Waals surface area contributed by atoms with E-state index in [0.717, 1.165) is 31.2 Å². The van der Waals surface area contributed by atoms with Gasteiger partial charge in [0.05, 0.1) is 5.02 Å². The van der Waals surface area contributed by atoms with E-state index in [1.165, 1.54) is 0 Å². The molecule has 1 fully saturated rings. The first-order chi connectivity index (χ1) is 7.27. The molecule has 3 heteroatoms. The Morgan fingerprint density at radius 3 is 3.07 bits per heavy atom. The Morgan fingerprint density at radius 2 is 2.27 bits per heavy atom. The number of carbonyl (C=O) groups is 1. The molecule has 1 unspecified atom stereocenters. The Balaban J connectivity index is 2.22. The van der Waals surface area contributed by atoms with Crippen LogP contribution in [-0.4, -0.2) is 10.8 Å². The first-order valence-electron chi connectivity index (χ1n) is 5.38. The smallest absolute Gasteiger partial charge is 0.133 e. The van der Waals surface area contributed by atoms with Crippen LogP contribution >= 0.6 is 11.6 Å². The third kappa shape index (κ3) is 2.57. The van der Waals surface area contributed by atoms with Crippen LogP contribution in [0.25, 0.3) is 0 Å². The Kier molecular flexibility index (Phi) is 3.37. The van der Waals surface area contributed by atoms with E-state index in [-0.39, 0.29) is 0 Å². The Labute approximate surface area is 94.7 Å². The quantitative estimate of drug-likeness (QED) is 0.684. The highest BCUT2D eigenvalue weighted by molar-refractivity contribution is 6.31. The van der Waals surface area contributed by atoms with Gasteiger partial charge in [0.15, 0.2) is 0 Å². The summed E-state index contributed by atoms with van der Waals surface area (Å²) in [7, 11) is 0. The van der Waals surface area contributed by atoms with Crippen LogP contribution in [0.15, 0.2) is 18.5 Å². The molecule has 1 aromatic rings. The summed E-state index contributed by atoms with van der Waals surface area (Å²) in [5, 5.41) is 0.692. The van der Waals surface area contributed by atoms with Crippen LogP contribution in [-0.2, 0) is 4.79 Å². The van der Waals surface area contributed by atoms with Gasteiger partial charge in [0.2, 0.25) is 0 Å². The third-order valence-corrected chi connectivity index (χ3v) is 3.29. The van der Waals surface area contributed by atoms with Crippen molar-refractivity contribution in [1.82, 2.24) is 4.98 Å². The number of halogens is 1. The molecule has 1 aromatic heterocycles. The molecule has 1 saturated carbocycles. The summed E-state index contributed by atoms with van der Waals surface area (Å²) in [5.74, 6) is 0.667. The van der Waals surface area contributed by atoms with Gasteiger partial charge in [-0.2, -0.15) is 0 Å². The van der Waals surface area contributed by atoms with Gasteiger partial charge in [-0.3, -0.25) is 9.78 Å². The summed E-state index contributed by atoms with van der Waals surface area (Å²) in [6.45, 7) is 0. The zero-order valence-corrected chi connectivity index (χ0v) is 9.33. The van der Waals surface area contributed by atoms with Crippen molar-refractivity contribution in [3.8, 4) is 0 Å². The lowest BCUT2D eigenvalue weighted by Gasteiger charge is -2.14. The lowest BCUT2D eigenvalue weighted by Crippen LogP contribution is -2.04. The number of ketones is 1. The van der Waals surface area contributed by atoms with E-state index in [9.17, 15) is 4.79 Å². The molecule has 0 bridgehead atoms. The standard InChI is InChI=1S/C12H14ClNO/c13-12-8-14-6-5-11(12)9-3-1-2-4-10(15)7-9/h5-6,8-9H,1-4,7H2. The van der Waals surface area contributed by atoms with Crippen molar-refractivity contribution in [2.75, 3.05) is 0 Å². The topological polar surface area (TPSA) is 30.0 Å². The molecular weight excluding hydrogens is 210 g/mol. The van der Waals surface area contributed by atoms with Gasteiger partial charge in [-0.05, 0) is 30.4 Å². The SMILES string of the molecule is O=C1CCCCC(c2ccncc2Cl)C1. The molecule has 2 rings (SSSR count). The highest BCUT2D eigenvalue weighted by atomic mass is 35.5. The Morgan fingerprint density at radius 1 is 1.40 bits per heavy atom. The third-order valence-electron chi connectivity index (χ3n) is 2.98. The van der Waals surface area contributed by atoms with E-state index in [0.29, 0.717) is 23.1 Å². The summed E-state index contributed by atoms with van der Waals surface area (Å²) in [6, 6.07) is 1.94. The van der Waals surface area contributed by atoms with Crippen LogP contribution in [0.4, 0.5) is 0 Å². The van der Waals surface area contributed by atoms with Crippen molar-refractivity contribution in [3.05, 3.63) is 29.0 Å². The average molecular weight is 224 g/mol. The van der Waals surface area contributed by atoms with Gasteiger partial charge in [0.1, 0.15) is 5.78 Å². The fourth-order valence-electron chi connectivity index (χ4n) is 2.17. The first-order valence-corrected chi connectivity index (χ1v) is 5.76. The van der Waals surface area contributed by atoms with Gasteiger partial charge >= 0.3 is 0 Å². The maximum atomic E-state index is 11.5. The van der Waals surface area contributed by atoms with Gasteiger partial charge in [-0.1, -0.05) is 18.0 Å². The largest absolute Gasteiger partial charge is 0.300 e. The first kappa shape index (κ1) is 10.6.